The van der Waals surface area contributed by atoms with E-state index in [0.29, 0.717) is 34.9 Å². The summed E-state index contributed by atoms with van der Waals surface area (Å²) in [5.74, 6) is 0.654. The molecule has 2 aliphatic heterocycles. The molecule has 3 aromatic rings. The summed E-state index contributed by atoms with van der Waals surface area (Å²) in [5.41, 5.74) is 3.74. The number of nitrogens with zero attached hydrogens (tertiary/aromatic N) is 5. The Morgan fingerprint density at radius 2 is 1.74 bits per heavy atom. The van der Waals surface area contributed by atoms with Gasteiger partial charge in [-0.2, -0.15) is 9.29 Å². The van der Waals surface area contributed by atoms with Crippen LogP contribution < -0.4 is 14.8 Å². The minimum atomic E-state index is -3.72. The number of nitrogens with one attached hydrogen (secondary N) is 1. The van der Waals surface area contributed by atoms with E-state index >= 15 is 0 Å². The van der Waals surface area contributed by atoms with E-state index in [2.05, 4.69) is 69.5 Å². The first-order chi connectivity index (χ1) is 22.6. The van der Waals surface area contributed by atoms with Crippen molar-refractivity contribution < 1.29 is 17.9 Å². The van der Waals surface area contributed by atoms with E-state index in [1.54, 1.807) is 29.7 Å². The number of benzene rings is 2. The largest absolute Gasteiger partial charge is 0.497 e. The molecule has 1 N–H and O–H groups in total. The summed E-state index contributed by atoms with van der Waals surface area (Å²) in [6, 6.07) is 16.4. The summed E-state index contributed by atoms with van der Waals surface area (Å²) in [6.45, 7) is 9.09. The van der Waals surface area contributed by atoms with Gasteiger partial charge in [0.2, 0.25) is 10.0 Å². The molecule has 11 heteroatoms. The van der Waals surface area contributed by atoms with E-state index < -0.39 is 10.0 Å². The fourth-order valence-corrected chi connectivity index (χ4v) is 9.35. The molecule has 0 spiro atoms. The first-order valence-corrected chi connectivity index (χ1v) is 18.4. The lowest BCUT2D eigenvalue weighted by atomic mass is 9.80. The van der Waals surface area contributed by atoms with E-state index in [1.807, 2.05) is 19.9 Å². The molecule has 3 heterocycles. The topological polar surface area (TPSA) is 100 Å². The average molecular weight is 665 g/mol. The van der Waals surface area contributed by atoms with Gasteiger partial charge in [0.05, 0.1) is 23.7 Å². The quantitative estimate of drug-likeness (QED) is 0.245. The number of hydrogen-bond donors (Lipinski definition) is 1. The Labute approximate surface area is 281 Å². The normalized spacial score (nSPS) is 19.1. The zero-order valence-corrected chi connectivity index (χ0v) is 29.6. The third-order valence-electron chi connectivity index (χ3n) is 9.89. The van der Waals surface area contributed by atoms with Crippen molar-refractivity contribution in [1.29, 1.82) is 0 Å². The first-order valence-electron chi connectivity index (χ1n) is 16.9. The lowest BCUT2D eigenvalue weighted by molar-refractivity contribution is 0.0535. The smallest absolute Gasteiger partial charge is 0.316 e. The molecule has 0 aliphatic carbocycles. The van der Waals surface area contributed by atoms with Crippen LogP contribution in [0.3, 0.4) is 0 Å². The number of aromatic nitrogens is 2. The molecule has 256 valence electrons. The Morgan fingerprint density at radius 3 is 2.43 bits per heavy atom. The maximum absolute atomic E-state index is 13.9. The van der Waals surface area contributed by atoms with Gasteiger partial charge in [0.25, 0.3) is 0 Å². The number of aryl methyl sites for hydroxylation is 2. The molecule has 1 atom stereocenters. The van der Waals surface area contributed by atoms with Crippen LogP contribution in [0.4, 0.5) is 0 Å². The van der Waals surface area contributed by atoms with Crippen molar-refractivity contribution in [2.75, 3.05) is 60.5 Å². The Morgan fingerprint density at radius 1 is 1.02 bits per heavy atom. The minimum absolute atomic E-state index is 0.112. The van der Waals surface area contributed by atoms with Gasteiger partial charge in [-0.3, -0.25) is 4.90 Å². The van der Waals surface area contributed by atoms with E-state index in [0.717, 1.165) is 70.4 Å². The third-order valence-corrected chi connectivity index (χ3v) is 12.1. The molecular formula is C36H52N6O4S. The summed E-state index contributed by atoms with van der Waals surface area (Å²) in [7, 11) is 2.28. The van der Waals surface area contributed by atoms with Crippen molar-refractivity contribution in [2.45, 2.75) is 75.4 Å². The molecule has 2 saturated heterocycles. The highest BCUT2D eigenvalue weighted by Gasteiger charge is 2.38. The highest BCUT2D eigenvalue weighted by Crippen LogP contribution is 2.37. The van der Waals surface area contributed by atoms with E-state index in [-0.39, 0.29) is 24.2 Å². The number of rotatable bonds is 14. The summed E-state index contributed by atoms with van der Waals surface area (Å²) < 4.78 is 40.7. The van der Waals surface area contributed by atoms with Crippen LogP contribution in [-0.4, -0.2) is 99.1 Å². The molecule has 0 radical (unpaired) electrons. The second-order valence-corrected chi connectivity index (χ2v) is 15.0. The molecule has 5 rings (SSSR count). The monoisotopic (exact) mass is 664 g/mol. The number of piperidine rings is 2. The second kappa shape index (κ2) is 15.9. The van der Waals surface area contributed by atoms with Gasteiger partial charge in [-0.1, -0.05) is 36.8 Å². The van der Waals surface area contributed by atoms with Crippen LogP contribution in [0.1, 0.15) is 60.9 Å². The second-order valence-electron chi connectivity index (χ2n) is 13.2. The van der Waals surface area contributed by atoms with Crippen LogP contribution in [0.25, 0.3) is 0 Å². The molecule has 0 saturated carbocycles. The Hall–Kier alpha value is -3.09. The van der Waals surface area contributed by atoms with Crippen molar-refractivity contribution in [3.63, 3.8) is 0 Å². The number of methoxy groups -OCH3 is 1. The zero-order valence-electron chi connectivity index (χ0n) is 28.7. The minimum Gasteiger partial charge on any atom is -0.497 e. The van der Waals surface area contributed by atoms with E-state index in [4.69, 9.17) is 9.47 Å². The first kappa shape index (κ1) is 35.2. The molecule has 10 nitrogen and oxygen atoms in total. The third kappa shape index (κ3) is 8.32. The van der Waals surface area contributed by atoms with Gasteiger partial charge in [0.1, 0.15) is 12.4 Å². The van der Waals surface area contributed by atoms with Gasteiger partial charge < -0.3 is 19.7 Å². The molecule has 1 unspecified atom stereocenters. The molecule has 2 aliphatic rings. The van der Waals surface area contributed by atoms with Crippen LogP contribution in [0.15, 0.2) is 59.6 Å². The van der Waals surface area contributed by atoms with Gasteiger partial charge in [-0.25, -0.2) is 13.4 Å². The van der Waals surface area contributed by atoms with Crippen LogP contribution in [0, 0.1) is 13.8 Å². The fourth-order valence-electron chi connectivity index (χ4n) is 7.26. The maximum atomic E-state index is 13.9. The van der Waals surface area contributed by atoms with Gasteiger partial charge >= 0.3 is 6.01 Å². The van der Waals surface area contributed by atoms with Crippen molar-refractivity contribution in [3.05, 3.63) is 77.1 Å². The fraction of sp³-hybridized carbons (Fsp3) is 0.556. The molecule has 47 heavy (non-hydrogen) atoms. The summed E-state index contributed by atoms with van der Waals surface area (Å²) in [5, 5.41) is 3.52. The van der Waals surface area contributed by atoms with Gasteiger partial charge in [-0.15, -0.1) is 0 Å². The maximum Gasteiger partial charge on any atom is 0.316 e. The molecule has 1 aromatic heterocycles. The molecule has 0 bridgehead atoms. The Bertz CT molecular complexity index is 1540. The van der Waals surface area contributed by atoms with E-state index in [1.165, 1.54) is 5.56 Å². The van der Waals surface area contributed by atoms with Crippen LogP contribution >= 0.6 is 0 Å². The Kier molecular flexibility index (Phi) is 11.9. The van der Waals surface area contributed by atoms with Crippen LogP contribution in [-0.2, 0) is 22.1 Å². The SMILES string of the molecule is COc1cc(C)c(S(=O)(=O)N2CCCCC2COc2nccc(CNCCCN3CCC(c4ccccc4)(N(C)C)CC3)n2)c(C)c1. The van der Waals surface area contributed by atoms with Gasteiger partial charge in [-0.05, 0) is 108 Å². The van der Waals surface area contributed by atoms with Crippen molar-refractivity contribution in [2.24, 2.45) is 0 Å². The summed E-state index contributed by atoms with van der Waals surface area (Å²) >= 11 is 0. The van der Waals surface area contributed by atoms with Crippen LogP contribution in [0.5, 0.6) is 11.8 Å². The summed E-state index contributed by atoms with van der Waals surface area (Å²) in [6.07, 6.45) is 7.54. The molecule has 2 fully saturated rings. The lowest BCUT2D eigenvalue weighted by Gasteiger charge is -2.46. The summed E-state index contributed by atoms with van der Waals surface area (Å²) in [4.78, 5) is 14.3. The number of ether oxygens (including phenoxy) is 2. The molecule has 2 aromatic carbocycles. The van der Waals surface area contributed by atoms with Crippen molar-refractivity contribution in [1.82, 2.24) is 29.4 Å². The van der Waals surface area contributed by atoms with Gasteiger partial charge in [0, 0.05) is 37.9 Å². The van der Waals surface area contributed by atoms with Crippen molar-refractivity contribution in [3.8, 4) is 11.8 Å². The number of likely N-dealkylation sites (tertiary alicyclic amines) is 1. The van der Waals surface area contributed by atoms with Crippen LogP contribution in [0.2, 0.25) is 0 Å². The predicted octanol–water partition coefficient (Wildman–Crippen LogP) is 4.76. The number of hydrogen-bond acceptors (Lipinski definition) is 9. The predicted molar refractivity (Wildman–Crippen MR) is 185 cm³/mol. The highest BCUT2D eigenvalue weighted by atomic mass is 32.2. The Balaban J connectivity index is 1.08. The zero-order chi connectivity index (χ0) is 33.4. The molecular weight excluding hydrogens is 613 g/mol. The number of sulfonamides is 1. The standard InChI is InChI=1S/C36H52N6O4S/c1-28-24-33(45-5)25-29(2)34(28)47(43,44)42-21-10-9-14-32(42)27-46-35-38-19-15-31(39-35)26-37-18-11-20-41-22-16-36(17-23-41,40(3)4)30-12-7-6-8-13-30/h6-8,12-13,15,19,24-25,32,37H,9-11,14,16-18,20-23,26-27H2,1-5H3. The lowest BCUT2D eigenvalue weighted by Crippen LogP contribution is -2.50. The highest BCUT2D eigenvalue weighted by molar-refractivity contribution is 7.89. The van der Waals surface area contributed by atoms with Crippen molar-refractivity contribution >= 4 is 10.0 Å². The average Bonchev–Trinajstić information content (AvgIpc) is 3.07. The van der Waals surface area contributed by atoms with E-state index in [9.17, 15) is 8.42 Å². The molecule has 0 amide bonds. The van der Waals surface area contributed by atoms with Gasteiger partial charge in [0.15, 0.2) is 0 Å².